The molecule has 1 N–H and O–H groups in total. The van der Waals surface area contributed by atoms with Crippen LogP contribution in [0.15, 0.2) is 35.1 Å². The Hall–Kier alpha value is -1.49. The summed E-state index contributed by atoms with van der Waals surface area (Å²) in [7, 11) is 0. The van der Waals surface area contributed by atoms with E-state index in [0.29, 0.717) is 6.54 Å². The van der Waals surface area contributed by atoms with Gasteiger partial charge in [0.25, 0.3) is 0 Å². The van der Waals surface area contributed by atoms with Crippen molar-refractivity contribution in [3.05, 3.63) is 57.8 Å². The third-order valence-electron chi connectivity index (χ3n) is 2.63. The molecule has 2 rings (SSSR count). The fourth-order valence-electron chi connectivity index (χ4n) is 1.53. The topological polar surface area (TPSA) is 24.9 Å². The summed E-state index contributed by atoms with van der Waals surface area (Å²) in [6.45, 7) is 2.34. The van der Waals surface area contributed by atoms with Crippen molar-refractivity contribution in [2.45, 2.75) is 13.5 Å². The zero-order valence-electron chi connectivity index (χ0n) is 9.67. The lowest BCUT2D eigenvalue weighted by Crippen LogP contribution is -2.04. The molecule has 0 aliphatic rings. The van der Waals surface area contributed by atoms with Gasteiger partial charge in [0.05, 0.1) is 10.2 Å². The molecule has 0 amide bonds. The predicted molar refractivity (Wildman–Crippen MR) is 70.4 cm³/mol. The maximum Gasteiger partial charge on any atom is 0.147 e. The van der Waals surface area contributed by atoms with Gasteiger partial charge in [-0.15, -0.1) is 0 Å². The number of nitrogens with one attached hydrogen (secondary N) is 1. The van der Waals surface area contributed by atoms with E-state index in [1.165, 1.54) is 0 Å². The van der Waals surface area contributed by atoms with E-state index in [0.717, 1.165) is 23.3 Å². The predicted octanol–water partition coefficient (Wildman–Crippen LogP) is 4.04. The highest BCUT2D eigenvalue weighted by Gasteiger charge is 2.08. The van der Waals surface area contributed by atoms with Gasteiger partial charge < -0.3 is 5.32 Å². The molecule has 1 aromatic heterocycles. The van der Waals surface area contributed by atoms with Crippen LogP contribution in [0.5, 0.6) is 0 Å². The van der Waals surface area contributed by atoms with Crippen LogP contribution in [0.25, 0.3) is 0 Å². The number of aromatic nitrogens is 1. The molecule has 2 aromatic rings. The number of aryl methyl sites for hydroxylation is 1. The molecule has 2 nitrogen and oxygen atoms in total. The highest BCUT2D eigenvalue weighted by atomic mass is 79.9. The summed E-state index contributed by atoms with van der Waals surface area (Å²) in [5, 5.41) is 2.86. The summed E-state index contributed by atoms with van der Waals surface area (Å²) < 4.78 is 27.0. The number of nitrogens with zero attached hydrogens (tertiary/aromatic N) is 1. The second-order valence-electron chi connectivity index (χ2n) is 3.90. The third kappa shape index (κ3) is 2.85. The third-order valence-corrected chi connectivity index (χ3v) is 3.23. The number of rotatable bonds is 3. The van der Waals surface area contributed by atoms with Crippen molar-refractivity contribution in [3.8, 4) is 0 Å². The Kier molecular flexibility index (Phi) is 3.91. The van der Waals surface area contributed by atoms with E-state index in [2.05, 4.69) is 26.2 Å². The molecule has 5 heteroatoms. The Labute approximate surface area is 112 Å². The second kappa shape index (κ2) is 5.44. The molecule has 0 spiro atoms. The molecule has 0 atom stereocenters. The van der Waals surface area contributed by atoms with E-state index < -0.39 is 11.6 Å². The molecule has 0 saturated carbocycles. The first-order valence-electron chi connectivity index (χ1n) is 5.36. The van der Waals surface area contributed by atoms with Gasteiger partial charge in [-0.2, -0.15) is 0 Å². The lowest BCUT2D eigenvalue weighted by atomic mass is 10.1. The molecule has 18 heavy (non-hydrogen) atoms. The molecule has 0 aliphatic carbocycles. The summed E-state index contributed by atoms with van der Waals surface area (Å²) in [5.74, 6) is -0.994. The second-order valence-corrected chi connectivity index (χ2v) is 4.76. The average molecular weight is 313 g/mol. The molecule has 1 heterocycles. The Balaban J connectivity index is 2.16. The van der Waals surface area contributed by atoms with Crippen LogP contribution in [-0.2, 0) is 6.54 Å². The molecule has 0 saturated heterocycles. The summed E-state index contributed by atoms with van der Waals surface area (Å²) in [6, 6.07) is 4.11. The van der Waals surface area contributed by atoms with Crippen molar-refractivity contribution in [2.24, 2.45) is 0 Å². The van der Waals surface area contributed by atoms with Gasteiger partial charge in [0.15, 0.2) is 0 Å². The largest absolute Gasteiger partial charge is 0.378 e. The first-order chi connectivity index (χ1) is 8.58. The van der Waals surface area contributed by atoms with Crippen molar-refractivity contribution >= 4 is 21.6 Å². The van der Waals surface area contributed by atoms with Gasteiger partial charge >= 0.3 is 0 Å². The zero-order chi connectivity index (χ0) is 13.1. The Bertz CT molecular complexity index is 573. The molecule has 0 fully saturated rings. The van der Waals surface area contributed by atoms with E-state index in [1.807, 2.05) is 13.0 Å². The van der Waals surface area contributed by atoms with E-state index in [1.54, 1.807) is 12.4 Å². The average Bonchev–Trinajstić information content (AvgIpc) is 2.34. The quantitative estimate of drug-likeness (QED) is 0.865. The number of hydrogen-bond donors (Lipinski definition) is 1. The molecule has 94 valence electrons. The van der Waals surface area contributed by atoms with Crippen molar-refractivity contribution < 1.29 is 8.78 Å². The molecular weight excluding hydrogens is 302 g/mol. The summed E-state index contributed by atoms with van der Waals surface area (Å²) in [5.41, 5.74) is 2.13. The molecule has 0 bridgehead atoms. The summed E-state index contributed by atoms with van der Waals surface area (Å²) >= 11 is 2.94. The minimum Gasteiger partial charge on any atom is -0.378 e. The first kappa shape index (κ1) is 13.0. The van der Waals surface area contributed by atoms with Crippen molar-refractivity contribution in [1.82, 2.24) is 4.98 Å². The van der Waals surface area contributed by atoms with Crippen molar-refractivity contribution in [3.63, 3.8) is 0 Å². The van der Waals surface area contributed by atoms with Gasteiger partial charge in [0.2, 0.25) is 0 Å². The molecule has 1 aromatic carbocycles. The monoisotopic (exact) mass is 312 g/mol. The number of anilines is 1. The van der Waals surface area contributed by atoms with E-state index in [9.17, 15) is 8.78 Å². The molecule has 0 aliphatic heterocycles. The van der Waals surface area contributed by atoms with Gasteiger partial charge in [-0.3, -0.25) is 4.98 Å². The van der Waals surface area contributed by atoms with Crippen molar-refractivity contribution in [1.29, 1.82) is 0 Å². The number of pyridine rings is 1. The number of halogens is 3. The maximum absolute atomic E-state index is 13.6. The normalized spacial score (nSPS) is 10.4. The van der Waals surface area contributed by atoms with Crippen LogP contribution in [-0.4, -0.2) is 4.98 Å². The Morgan fingerprint density at radius 2 is 2.06 bits per heavy atom. The minimum absolute atomic E-state index is 0.114. The molecule has 0 radical (unpaired) electrons. The molecule has 0 unspecified atom stereocenters. The number of hydrogen-bond acceptors (Lipinski definition) is 2. The van der Waals surface area contributed by atoms with Crippen LogP contribution in [0.4, 0.5) is 14.5 Å². The fraction of sp³-hybridized carbons (Fsp3) is 0.154. The highest BCUT2D eigenvalue weighted by Crippen LogP contribution is 2.23. The van der Waals surface area contributed by atoms with Crippen molar-refractivity contribution in [2.75, 3.05) is 5.32 Å². The Morgan fingerprint density at radius 3 is 2.78 bits per heavy atom. The van der Waals surface area contributed by atoms with Gasteiger partial charge in [-0.25, -0.2) is 8.78 Å². The lowest BCUT2D eigenvalue weighted by molar-refractivity contribution is 0.596. The highest BCUT2D eigenvalue weighted by molar-refractivity contribution is 9.10. The summed E-state index contributed by atoms with van der Waals surface area (Å²) in [6.07, 6.45) is 3.40. The molecular formula is C13H11BrF2N2. The number of benzene rings is 1. The lowest BCUT2D eigenvalue weighted by Gasteiger charge is -2.10. The van der Waals surface area contributed by atoms with Gasteiger partial charge in [0.1, 0.15) is 11.6 Å². The van der Waals surface area contributed by atoms with E-state index in [4.69, 9.17) is 0 Å². The van der Waals surface area contributed by atoms with Crippen LogP contribution in [0.1, 0.15) is 11.1 Å². The van der Waals surface area contributed by atoms with E-state index >= 15 is 0 Å². The SMILES string of the molecule is Cc1ccncc1CNc1cc(F)c(Br)cc1F. The van der Waals surface area contributed by atoms with Crippen LogP contribution >= 0.6 is 15.9 Å². The van der Waals surface area contributed by atoms with Crippen LogP contribution < -0.4 is 5.32 Å². The van der Waals surface area contributed by atoms with Crippen LogP contribution in [0.2, 0.25) is 0 Å². The van der Waals surface area contributed by atoms with E-state index in [-0.39, 0.29) is 10.2 Å². The fourth-order valence-corrected chi connectivity index (χ4v) is 1.85. The van der Waals surface area contributed by atoms with Gasteiger partial charge in [-0.1, -0.05) is 0 Å². The van der Waals surface area contributed by atoms with Crippen LogP contribution in [0.3, 0.4) is 0 Å². The zero-order valence-corrected chi connectivity index (χ0v) is 11.3. The van der Waals surface area contributed by atoms with Crippen LogP contribution in [0, 0.1) is 18.6 Å². The van der Waals surface area contributed by atoms with Gasteiger partial charge in [0, 0.05) is 25.0 Å². The maximum atomic E-state index is 13.6. The summed E-state index contributed by atoms with van der Waals surface area (Å²) in [4.78, 5) is 4.00. The van der Waals surface area contributed by atoms with Gasteiger partial charge in [-0.05, 0) is 46.1 Å². The minimum atomic E-state index is -0.498. The first-order valence-corrected chi connectivity index (χ1v) is 6.15. The standard InChI is InChI=1S/C13H11BrF2N2/c1-8-2-3-17-6-9(8)7-18-13-5-11(15)10(14)4-12(13)16/h2-6,18H,7H2,1H3. The Morgan fingerprint density at radius 1 is 1.28 bits per heavy atom. The smallest absolute Gasteiger partial charge is 0.147 e.